The van der Waals surface area contributed by atoms with Gasteiger partial charge in [0, 0.05) is 0 Å². The van der Waals surface area contributed by atoms with Crippen LogP contribution in [0.1, 0.15) is 25.7 Å². The van der Waals surface area contributed by atoms with Gasteiger partial charge in [0.2, 0.25) is 0 Å². The molecule has 0 fully saturated rings. The van der Waals surface area contributed by atoms with E-state index in [9.17, 15) is 5.11 Å². The minimum Gasteiger partial charge on any atom is -0.393 e. The Morgan fingerprint density at radius 2 is 1.90 bits per heavy atom. The normalized spacial score (nSPS) is 38.2. The second-order valence-electron chi connectivity index (χ2n) is 2.80. The third-order valence-corrected chi connectivity index (χ3v) is 1.82. The zero-order valence-corrected chi connectivity index (χ0v) is 6.03. The van der Waals surface area contributed by atoms with Crippen molar-refractivity contribution < 1.29 is 10.2 Å². The van der Waals surface area contributed by atoms with Crippen molar-refractivity contribution in [3.8, 4) is 0 Å². The molecule has 0 radical (unpaired) electrons. The highest BCUT2D eigenvalue weighted by Crippen LogP contribution is 2.11. The molecule has 2 atom stereocenters. The minimum absolute atomic E-state index is 0.209. The van der Waals surface area contributed by atoms with Crippen molar-refractivity contribution in [2.75, 3.05) is 0 Å². The van der Waals surface area contributed by atoms with Crippen LogP contribution in [0.25, 0.3) is 0 Å². The van der Waals surface area contributed by atoms with Gasteiger partial charge < -0.3 is 10.2 Å². The molecule has 58 valence electrons. The zero-order valence-electron chi connectivity index (χ0n) is 6.03. The highest BCUT2D eigenvalue weighted by molar-refractivity contribution is 4.91. The van der Waals surface area contributed by atoms with E-state index in [2.05, 4.69) is 0 Å². The van der Waals surface area contributed by atoms with Crippen LogP contribution in [0.4, 0.5) is 0 Å². The average molecular weight is 142 g/mol. The summed E-state index contributed by atoms with van der Waals surface area (Å²) >= 11 is 0. The maximum Gasteiger partial charge on any atom is 0.0721 e. The number of aliphatic hydroxyl groups excluding tert-OH is 2. The number of hydrogen-bond acceptors (Lipinski definition) is 2. The van der Waals surface area contributed by atoms with E-state index < -0.39 is 0 Å². The van der Waals surface area contributed by atoms with Gasteiger partial charge in [0.1, 0.15) is 0 Å². The topological polar surface area (TPSA) is 40.5 Å². The first-order valence-electron chi connectivity index (χ1n) is 3.82. The molecule has 0 aliphatic heterocycles. The van der Waals surface area contributed by atoms with E-state index in [0.29, 0.717) is 6.42 Å². The molecule has 1 aliphatic carbocycles. The highest BCUT2D eigenvalue weighted by atomic mass is 16.3. The van der Waals surface area contributed by atoms with E-state index >= 15 is 0 Å². The Kier molecular flexibility index (Phi) is 2.90. The largest absolute Gasteiger partial charge is 0.393 e. The predicted octanol–water partition coefficient (Wildman–Crippen LogP) is 0.838. The second-order valence-corrected chi connectivity index (χ2v) is 2.80. The van der Waals surface area contributed by atoms with Crippen LogP contribution in [0.3, 0.4) is 0 Å². The van der Waals surface area contributed by atoms with E-state index in [0.717, 1.165) is 19.3 Å². The SMILES string of the molecule is OC1/C=C/CCC(O)CC1. The van der Waals surface area contributed by atoms with Gasteiger partial charge in [0.15, 0.2) is 0 Å². The average Bonchev–Trinajstić information content (AvgIpc) is 1.90. The van der Waals surface area contributed by atoms with Gasteiger partial charge in [-0.1, -0.05) is 12.2 Å². The lowest BCUT2D eigenvalue weighted by molar-refractivity contribution is 0.123. The molecule has 2 N–H and O–H groups in total. The fourth-order valence-electron chi connectivity index (χ4n) is 1.15. The van der Waals surface area contributed by atoms with E-state index in [4.69, 9.17) is 5.11 Å². The Morgan fingerprint density at radius 1 is 1.10 bits per heavy atom. The third kappa shape index (κ3) is 2.50. The Hall–Kier alpha value is -0.340. The highest BCUT2D eigenvalue weighted by Gasteiger charge is 2.08. The van der Waals surface area contributed by atoms with Crippen LogP contribution < -0.4 is 0 Å². The molecule has 0 aromatic heterocycles. The summed E-state index contributed by atoms with van der Waals surface area (Å²) in [4.78, 5) is 0. The molecule has 0 aromatic carbocycles. The number of rotatable bonds is 0. The predicted molar refractivity (Wildman–Crippen MR) is 39.6 cm³/mol. The first-order chi connectivity index (χ1) is 4.79. The molecule has 10 heavy (non-hydrogen) atoms. The summed E-state index contributed by atoms with van der Waals surface area (Å²) in [6, 6.07) is 0. The van der Waals surface area contributed by atoms with Gasteiger partial charge in [0.05, 0.1) is 12.2 Å². The number of aliphatic hydroxyl groups is 2. The number of hydrogen-bond donors (Lipinski definition) is 2. The summed E-state index contributed by atoms with van der Waals surface area (Å²) in [5, 5.41) is 18.3. The fourth-order valence-corrected chi connectivity index (χ4v) is 1.15. The van der Waals surface area contributed by atoms with Gasteiger partial charge >= 0.3 is 0 Å². The van der Waals surface area contributed by atoms with E-state index in [1.54, 1.807) is 0 Å². The molecule has 0 saturated carbocycles. The molecular formula is C8H14O2. The van der Waals surface area contributed by atoms with Gasteiger partial charge in [-0.2, -0.15) is 0 Å². The Labute approximate surface area is 61.2 Å². The summed E-state index contributed by atoms with van der Waals surface area (Å²) in [5.74, 6) is 0. The molecule has 0 saturated heterocycles. The molecule has 0 amide bonds. The molecule has 0 bridgehead atoms. The van der Waals surface area contributed by atoms with Crippen molar-refractivity contribution in [3.63, 3.8) is 0 Å². The first-order valence-corrected chi connectivity index (χ1v) is 3.82. The van der Waals surface area contributed by atoms with Crippen LogP contribution in [0.15, 0.2) is 12.2 Å². The van der Waals surface area contributed by atoms with E-state index in [1.165, 1.54) is 0 Å². The molecule has 0 heterocycles. The van der Waals surface area contributed by atoms with Crippen LogP contribution >= 0.6 is 0 Å². The quantitative estimate of drug-likeness (QED) is 0.492. The lowest BCUT2D eigenvalue weighted by atomic mass is 10.0. The second kappa shape index (κ2) is 3.74. The Morgan fingerprint density at radius 3 is 2.70 bits per heavy atom. The van der Waals surface area contributed by atoms with Crippen molar-refractivity contribution in [1.82, 2.24) is 0 Å². The van der Waals surface area contributed by atoms with Crippen molar-refractivity contribution in [2.24, 2.45) is 0 Å². The van der Waals surface area contributed by atoms with Crippen LogP contribution in [0, 0.1) is 0 Å². The van der Waals surface area contributed by atoms with Crippen LogP contribution in [0.5, 0.6) is 0 Å². The van der Waals surface area contributed by atoms with E-state index in [1.807, 2.05) is 12.2 Å². The summed E-state index contributed by atoms with van der Waals surface area (Å²) < 4.78 is 0. The van der Waals surface area contributed by atoms with Crippen molar-refractivity contribution in [2.45, 2.75) is 37.9 Å². The Balaban J connectivity index is 2.38. The summed E-state index contributed by atoms with van der Waals surface area (Å²) in [7, 11) is 0. The van der Waals surface area contributed by atoms with Gasteiger partial charge in [-0.15, -0.1) is 0 Å². The lowest BCUT2D eigenvalue weighted by Gasteiger charge is -2.13. The molecule has 0 spiro atoms. The number of allylic oxidation sites excluding steroid dienone is 1. The summed E-state index contributed by atoms with van der Waals surface area (Å²) in [6.07, 6.45) is 6.35. The monoisotopic (exact) mass is 142 g/mol. The van der Waals surface area contributed by atoms with E-state index in [-0.39, 0.29) is 12.2 Å². The van der Waals surface area contributed by atoms with Gasteiger partial charge in [0.25, 0.3) is 0 Å². The zero-order chi connectivity index (χ0) is 7.40. The van der Waals surface area contributed by atoms with Crippen molar-refractivity contribution in [1.29, 1.82) is 0 Å². The van der Waals surface area contributed by atoms with Gasteiger partial charge in [-0.05, 0) is 25.7 Å². The maximum absolute atomic E-state index is 9.19. The fraction of sp³-hybridized carbons (Fsp3) is 0.750. The lowest BCUT2D eigenvalue weighted by Crippen LogP contribution is -2.13. The molecule has 2 unspecified atom stereocenters. The van der Waals surface area contributed by atoms with Crippen LogP contribution in [0.2, 0.25) is 0 Å². The molecule has 2 nitrogen and oxygen atoms in total. The summed E-state index contributed by atoms with van der Waals surface area (Å²) in [5.41, 5.74) is 0. The Bertz CT molecular complexity index is 120. The van der Waals surface area contributed by atoms with Gasteiger partial charge in [-0.3, -0.25) is 0 Å². The smallest absolute Gasteiger partial charge is 0.0721 e. The standard InChI is InChI=1S/C8H14O2/c9-7-3-1-2-4-8(10)6-5-7/h1,3,7-10H,2,4-6H2/b3-1+. The molecule has 2 heteroatoms. The molecule has 0 aromatic rings. The maximum atomic E-state index is 9.19. The third-order valence-electron chi connectivity index (χ3n) is 1.82. The van der Waals surface area contributed by atoms with Crippen molar-refractivity contribution >= 4 is 0 Å². The van der Waals surface area contributed by atoms with Crippen molar-refractivity contribution in [3.05, 3.63) is 12.2 Å². The van der Waals surface area contributed by atoms with Gasteiger partial charge in [-0.25, -0.2) is 0 Å². The molecular weight excluding hydrogens is 128 g/mol. The van der Waals surface area contributed by atoms with Crippen LogP contribution in [-0.2, 0) is 0 Å². The molecule has 1 rings (SSSR count). The first kappa shape index (κ1) is 7.76. The van der Waals surface area contributed by atoms with Crippen LogP contribution in [-0.4, -0.2) is 22.4 Å². The summed E-state index contributed by atoms with van der Waals surface area (Å²) in [6.45, 7) is 0. The molecule has 1 aliphatic rings. The minimum atomic E-state index is -0.338.